The second kappa shape index (κ2) is 7.24. The van der Waals surface area contributed by atoms with Gasteiger partial charge in [0.1, 0.15) is 5.82 Å². The van der Waals surface area contributed by atoms with Crippen molar-refractivity contribution >= 4 is 50.6 Å². The van der Waals surface area contributed by atoms with E-state index in [2.05, 4.69) is 26.2 Å². The zero-order valence-corrected chi connectivity index (χ0v) is 14.8. The van der Waals surface area contributed by atoms with Crippen LogP contribution in [0.1, 0.15) is 22.2 Å². The maximum atomic E-state index is 12.5. The van der Waals surface area contributed by atoms with E-state index >= 15 is 0 Å². The third kappa shape index (κ3) is 4.18. The fraction of sp³-hybridized carbons (Fsp3) is 0.286. The molecule has 2 rings (SSSR count). The first kappa shape index (κ1) is 16.3. The fourth-order valence-corrected chi connectivity index (χ4v) is 3.52. The van der Waals surface area contributed by atoms with E-state index in [1.165, 1.54) is 6.20 Å². The van der Waals surface area contributed by atoms with Gasteiger partial charge < -0.3 is 10.2 Å². The fourth-order valence-electron chi connectivity index (χ4n) is 1.83. The smallest absolute Gasteiger partial charge is 0.255 e. The average molecular weight is 389 g/mol. The predicted octanol–water partition coefficient (Wildman–Crippen LogP) is 4.26. The molecule has 1 N–H and O–H groups in total. The van der Waals surface area contributed by atoms with E-state index in [1.807, 2.05) is 18.4 Å². The molecule has 0 aliphatic carbocycles. The molecule has 7 heteroatoms. The normalized spacial score (nSPS) is 10.5. The molecule has 0 aliphatic rings. The van der Waals surface area contributed by atoms with Crippen molar-refractivity contribution in [1.29, 1.82) is 0 Å². The molecule has 0 spiro atoms. The summed E-state index contributed by atoms with van der Waals surface area (Å²) in [4.78, 5) is 19.4. The van der Waals surface area contributed by atoms with Crippen LogP contribution in [0.5, 0.6) is 0 Å². The summed E-state index contributed by atoms with van der Waals surface area (Å²) in [6, 6.07) is 3.70. The highest BCUT2D eigenvalue weighted by Gasteiger charge is 2.17. The molecular formula is C14H15BrClN3OS. The molecule has 2 aromatic rings. The lowest BCUT2D eigenvalue weighted by Crippen LogP contribution is -2.26. The highest BCUT2D eigenvalue weighted by Crippen LogP contribution is 2.23. The Kier molecular flexibility index (Phi) is 5.61. The number of carbonyl (C=O) groups excluding carboxylic acids is 1. The molecule has 0 aromatic carbocycles. The lowest BCUT2D eigenvalue weighted by molar-refractivity contribution is 0.0786. The summed E-state index contributed by atoms with van der Waals surface area (Å²) in [6.07, 6.45) is 1.50. The highest BCUT2D eigenvalue weighted by atomic mass is 79.9. The first-order valence-corrected chi connectivity index (χ1v) is 8.44. The maximum absolute atomic E-state index is 12.5. The molecule has 4 nitrogen and oxygen atoms in total. The summed E-state index contributed by atoms with van der Waals surface area (Å²) >= 11 is 11.1. The van der Waals surface area contributed by atoms with E-state index in [1.54, 1.807) is 29.4 Å². The van der Waals surface area contributed by atoms with Crippen molar-refractivity contribution in [3.8, 4) is 0 Å². The van der Waals surface area contributed by atoms with Gasteiger partial charge in [0, 0.05) is 34.5 Å². The summed E-state index contributed by atoms with van der Waals surface area (Å²) < 4.78 is 1.03. The van der Waals surface area contributed by atoms with Crippen LogP contribution < -0.4 is 5.32 Å². The standard InChI is InChI=1S/C14H15BrClN3OS/c1-3-17-13-5-11(12(16)6-18-13)14(20)19(2)7-10-4-9(15)8-21-10/h4-6,8H,3,7H2,1-2H3,(H,17,18). The van der Waals surface area contributed by atoms with Crippen LogP contribution in [0.2, 0.25) is 5.02 Å². The molecule has 112 valence electrons. The van der Waals surface area contributed by atoms with Crippen molar-refractivity contribution in [3.63, 3.8) is 0 Å². The Hall–Kier alpha value is -1.11. The molecule has 0 aliphatic heterocycles. The third-order valence-electron chi connectivity index (χ3n) is 2.81. The van der Waals surface area contributed by atoms with Crippen LogP contribution in [0.25, 0.3) is 0 Å². The van der Waals surface area contributed by atoms with Crippen LogP contribution in [0.4, 0.5) is 5.82 Å². The number of hydrogen-bond acceptors (Lipinski definition) is 4. The van der Waals surface area contributed by atoms with Crippen LogP contribution in [0, 0.1) is 0 Å². The lowest BCUT2D eigenvalue weighted by atomic mass is 10.2. The van der Waals surface area contributed by atoms with Gasteiger partial charge in [-0.15, -0.1) is 11.3 Å². The Morgan fingerprint density at radius 1 is 1.52 bits per heavy atom. The first-order chi connectivity index (χ1) is 10.0. The number of nitrogens with zero attached hydrogens (tertiary/aromatic N) is 2. The topological polar surface area (TPSA) is 45.2 Å². The van der Waals surface area contributed by atoms with Gasteiger partial charge in [-0.05, 0) is 35.0 Å². The number of hydrogen-bond donors (Lipinski definition) is 1. The van der Waals surface area contributed by atoms with Gasteiger partial charge in [-0.1, -0.05) is 11.6 Å². The molecular weight excluding hydrogens is 374 g/mol. The van der Waals surface area contributed by atoms with Crippen LogP contribution in [0.3, 0.4) is 0 Å². The van der Waals surface area contributed by atoms with E-state index in [4.69, 9.17) is 11.6 Å². The first-order valence-electron chi connectivity index (χ1n) is 6.39. The highest BCUT2D eigenvalue weighted by molar-refractivity contribution is 9.10. The van der Waals surface area contributed by atoms with Crippen molar-refractivity contribution in [2.45, 2.75) is 13.5 Å². The van der Waals surface area contributed by atoms with Crippen LogP contribution in [-0.2, 0) is 6.54 Å². The minimum absolute atomic E-state index is 0.119. The summed E-state index contributed by atoms with van der Waals surface area (Å²) in [6.45, 7) is 3.25. The third-order valence-corrected chi connectivity index (χ3v) is 4.79. The number of aromatic nitrogens is 1. The van der Waals surface area contributed by atoms with E-state index in [-0.39, 0.29) is 5.91 Å². The van der Waals surface area contributed by atoms with Gasteiger partial charge in [0.2, 0.25) is 0 Å². The Morgan fingerprint density at radius 2 is 2.29 bits per heavy atom. The zero-order valence-electron chi connectivity index (χ0n) is 11.7. The van der Waals surface area contributed by atoms with Gasteiger partial charge in [-0.25, -0.2) is 4.98 Å². The Labute approximate surface area is 141 Å². The zero-order chi connectivity index (χ0) is 15.4. The Bertz CT molecular complexity index is 647. The molecule has 0 atom stereocenters. The molecule has 0 saturated carbocycles. The molecule has 21 heavy (non-hydrogen) atoms. The number of pyridine rings is 1. The molecule has 0 fully saturated rings. The quantitative estimate of drug-likeness (QED) is 0.832. The largest absolute Gasteiger partial charge is 0.370 e. The number of halogens is 2. The minimum atomic E-state index is -0.119. The molecule has 0 unspecified atom stereocenters. The summed E-state index contributed by atoms with van der Waals surface area (Å²) in [5.74, 6) is 0.531. The molecule has 0 saturated heterocycles. The average Bonchev–Trinajstić information content (AvgIpc) is 2.85. The maximum Gasteiger partial charge on any atom is 0.255 e. The van der Waals surface area contributed by atoms with Gasteiger partial charge in [0.05, 0.1) is 17.1 Å². The van der Waals surface area contributed by atoms with Gasteiger partial charge in [-0.3, -0.25) is 4.79 Å². The van der Waals surface area contributed by atoms with Gasteiger partial charge in [0.15, 0.2) is 0 Å². The van der Waals surface area contributed by atoms with Gasteiger partial charge in [-0.2, -0.15) is 0 Å². The van der Waals surface area contributed by atoms with Gasteiger partial charge in [0.25, 0.3) is 5.91 Å². The second-order valence-electron chi connectivity index (χ2n) is 4.47. The van der Waals surface area contributed by atoms with Crippen molar-refractivity contribution in [2.24, 2.45) is 0 Å². The van der Waals surface area contributed by atoms with E-state index < -0.39 is 0 Å². The van der Waals surface area contributed by atoms with E-state index in [9.17, 15) is 4.79 Å². The summed E-state index contributed by atoms with van der Waals surface area (Å²) in [5.41, 5.74) is 0.459. The van der Waals surface area contributed by atoms with Crippen LogP contribution >= 0.6 is 38.9 Å². The van der Waals surface area contributed by atoms with Crippen molar-refractivity contribution in [2.75, 3.05) is 18.9 Å². The molecule has 1 amide bonds. The second-order valence-corrected chi connectivity index (χ2v) is 6.79. The number of carbonyl (C=O) groups is 1. The van der Waals surface area contributed by atoms with Crippen molar-refractivity contribution in [1.82, 2.24) is 9.88 Å². The Morgan fingerprint density at radius 3 is 2.90 bits per heavy atom. The van der Waals surface area contributed by atoms with E-state index in [0.717, 1.165) is 15.9 Å². The summed E-state index contributed by atoms with van der Waals surface area (Å²) in [5, 5.41) is 5.44. The number of rotatable bonds is 5. The number of amides is 1. The molecule has 0 radical (unpaired) electrons. The number of anilines is 1. The molecule has 0 bridgehead atoms. The van der Waals surface area contributed by atoms with Crippen molar-refractivity contribution < 1.29 is 4.79 Å². The number of thiophene rings is 1. The number of nitrogens with one attached hydrogen (secondary N) is 1. The molecule has 2 aromatic heterocycles. The predicted molar refractivity (Wildman–Crippen MR) is 91.2 cm³/mol. The van der Waals surface area contributed by atoms with Crippen molar-refractivity contribution in [3.05, 3.63) is 43.6 Å². The van der Waals surface area contributed by atoms with Crippen LogP contribution in [0.15, 0.2) is 28.2 Å². The Balaban J connectivity index is 2.16. The van der Waals surface area contributed by atoms with Crippen LogP contribution in [-0.4, -0.2) is 29.4 Å². The van der Waals surface area contributed by atoms with E-state index in [0.29, 0.717) is 22.9 Å². The van der Waals surface area contributed by atoms with Gasteiger partial charge >= 0.3 is 0 Å². The minimum Gasteiger partial charge on any atom is -0.370 e. The summed E-state index contributed by atoms with van der Waals surface area (Å²) in [7, 11) is 1.76. The SMILES string of the molecule is CCNc1cc(C(=O)N(C)Cc2cc(Br)cs2)c(Cl)cn1. The molecule has 2 heterocycles. The monoisotopic (exact) mass is 387 g/mol. The lowest BCUT2D eigenvalue weighted by Gasteiger charge is -2.17.